The van der Waals surface area contributed by atoms with Gasteiger partial charge in [-0.2, -0.15) is 0 Å². The van der Waals surface area contributed by atoms with E-state index in [2.05, 4.69) is 15.6 Å². The first kappa shape index (κ1) is 22.8. The lowest BCUT2D eigenvalue weighted by molar-refractivity contribution is 0.311. The highest BCUT2D eigenvalue weighted by Gasteiger charge is 2.27. The van der Waals surface area contributed by atoms with Crippen LogP contribution in [-0.4, -0.2) is 52.7 Å². The van der Waals surface area contributed by atoms with Gasteiger partial charge in [-0.15, -0.1) is 24.0 Å². The van der Waals surface area contributed by atoms with Crippen LogP contribution in [-0.2, 0) is 9.84 Å². The minimum atomic E-state index is -2.87. The van der Waals surface area contributed by atoms with E-state index in [9.17, 15) is 8.42 Å². The number of sulfone groups is 1. The van der Waals surface area contributed by atoms with Crippen molar-refractivity contribution in [2.75, 3.05) is 43.6 Å². The zero-order valence-corrected chi connectivity index (χ0v) is 18.6. The summed E-state index contributed by atoms with van der Waals surface area (Å²) < 4.78 is 34.0. The Balaban J connectivity index is 0.00000338. The van der Waals surface area contributed by atoms with Gasteiger partial charge in [0.1, 0.15) is 0 Å². The van der Waals surface area contributed by atoms with Gasteiger partial charge in [0, 0.05) is 24.8 Å². The molecule has 1 unspecified atom stereocenters. The summed E-state index contributed by atoms with van der Waals surface area (Å²) in [5.41, 5.74) is 0.819. The molecule has 1 fully saturated rings. The van der Waals surface area contributed by atoms with E-state index in [1.165, 1.54) is 0 Å². The molecule has 1 heterocycles. The molecule has 0 aliphatic carbocycles. The van der Waals surface area contributed by atoms with Gasteiger partial charge in [0.25, 0.3) is 0 Å². The van der Waals surface area contributed by atoms with Gasteiger partial charge in [0.05, 0.1) is 25.2 Å². The predicted octanol–water partition coefficient (Wildman–Crippen LogP) is 2.52. The molecule has 0 saturated carbocycles. The number of anilines is 1. The number of hydrogen-bond donors (Lipinski definition) is 2. The van der Waals surface area contributed by atoms with Crippen molar-refractivity contribution in [1.82, 2.24) is 5.32 Å². The Morgan fingerprint density at radius 1 is 1.31 bits per heavy atom. The van der Waals surface area contributed by atoms with Crippen molar-refractivity contribution in [1.29, 1.82) is 0 Å². The molecule has 26 heavy (non-hydrogen) atoms. The number of benzene rings is 1. The van der Waals surface area contributed by atoms with Crippen LogP contribution >= 0.6 is 24.0 Å². The molecule has 1 aromatic rings. The van der Waals surface area contributed by atoms with Gasteiger partial charge >= 0.3 is 0 Å². The summed E-state index contributed by atoms with van der Waals surface area (Å²) in [5.74, 6) is 2.55. The molecule has 0 amide bonds. The Hall–Kier alpha value is -1.23. The normalized spacial score (nSPS) is 18.7. The lowest BCUT2D eigenvalue weighted by atomic mass is 10.1. The molecule has 9 heteroatoms. The predicted molar refractivity (Wildman–Crippen MR) is 116 cm³/mol. The van der Waals surface area contributed by atoms with Crippen molar-refractivity contribution in [2.24, 2.45) is 10.9 Å². The minimum absolute atomic E-state index is 0. The summed E-state index contributed by atoms with van der Waals surface area (Å²) in [6.07, 6.45) is 0.683. The molecule has 0 spiro atoms. The largest absolute Gasteiger partial charge is 0.493 e. The Morgan fingerprint density at radius 3 is 2.65 bits per heavy atom. The van der Waals surface area contributed by atoms with Gasteiger partial charge in [-0.1, -0.05) is 0 Å². The SMILES string of the molecule is CCNC(=NCC1CCS(=O)(=O)C1)Nc1ccc(OCC)c(OC)c1.I. The van der Waals surface area contributed by atoms with Gasteiger partial charge < -0.3 is 20.1 Å². The summed E-state index contributed by atoms with van der Waals surface area (Å²) in [7, 11) is -1.28. The average molecular weight is 497 g/mol. The smallest absolute Gasteiger partial charge is 0.195 e. The molecule has 148 valence electrons. The van der Waals surface area contributed by atoms with E-state index in [1.54, 1.807) is 7.11 Å². The number of halogens is 1. The molecule has 7 nitrogen and oxygen atoms in total. The van der Waals surface area contributed by atoms with Crippen LogP contribution in [0.5, 0.6) is 11.5 Å². The third-order valence-corrected chi connectivity index (χ3v) is 5.74. The van der Waals surface area contributed by atoms with E-state index < -0.39 is 9.84 Å². The molecule has 1 aromatic carbocycles. The topological polar surface area (TPSA) is 89.0 Å². The van der Waals surface area contributed by atoms with Crippen molar-refractivity contribution in [3.8, 4) is 11.5 Å². The molecule has 2 rings (SSSR count). The zero-order chi connectivity index (χ0) is 18.3. The second kappa shape index (κ2) is 10.8. The highest BCUT2D eigenvalue weighted by atomic mass is 127. The first-order valence-corrected chi connectivity index (χ1v) is 10.4. The van der Waals surface area contributed by atoms with E-state index >= 15 is 0 Å². The number of ether oxygens (including phenoxy) is 2. The minimum Gasteiger partial charge on any atom is -0.493 e. The number of aliphatic imine (C=N–C) groups is 1. The zero-order valence-electron chi connectivity index (χ0n) is 15.4. The second-order valence-corrected chi connectivity index (χ2v) is 8.14. The van der Waals surface area contributed by atoms with Crippen LogP contribution in [0.15, 0.2) is 23.2 Å². The fourth-order valence-corrected chi connectivity index (χ4v) is 4.55. The van der Waals surface area contributed by atoms with Gasteiger partial charge in [0.15, 0.2) is 27.3 Å². The molecule has 1 saturated heterocycles. The van der Waals surface area contributed by atoms with Crippen LogP contribution in [0.1, 0.15) is 20.3 Å². The Kier molecular flexibility index (Phi) is 9.48. The number of rotatable bonds is 7. The fourth-order valence-electron chi connectivity index (χ4n) is 2.70. The summed E-state index contributed by atoms with van der Waals surface area (Å²) >= 11 is 0. The molecular weight excluding hydrogens is 469 g/mol. The van der Waals surface area contributed by atoms with Crippen LogP contribution in [0.2, 0.25) is 0 Å². The Bertz CT molecular complexity index is 710. The fraction of sp³-hybridized carbons (Fsp3) is 0.588. The highest BCUT2D eigenvalue weighted by molar-refractivity contribution is 14.0. The summed E-state index contributed by atoms with van der Waals surface area (Å²) in [6, 6.07) is 5.58. The van der Waals surface area contributed by atoms with Gasteiger partial charge in [-0.25, -0.2) is 8.42 Å². The Morgan fingerprint density at radius 2 is 2.08 bits per heavy atom. The van der Waals surface area contributed by atoms with E-state index in [4.69, 9.17) is 9.47 Å². The van der Waals surface area contributed by atoms with E-state index in [-0.39, 0.29) is 41.4 Å². The maximum absolute atomic E-state index is 11.6. The lowest BCUT2D eigenvalue weighted by Gasteiger charge is -2.15. The van der Waals surface area contributed by atoms with Crippen LogP contribution in [0.4, 0.5) is 5.69 Å². The molecule has 0 bridgehead atoms. The number of guanidine groups is 1. The second-order valence-electron chi connectivity index (χ2n) is 5.91. The van der Waals surface area contributed by atoms with E-state index in [0.29, 0.717) is 43.6 Å². The van der Waals surface area contributed by atoms with Gasteiger partial charge in [-0.3, -0.25) is 4.99 Å². The van der Waals surface area contributed by atoms with Crippen molar-refractivity contribution in [2.45, 2.75) is 20.3 Å². The first-order valence-electron chi connectivity index (χ1n) is 8.54. The maximum Gasteiger partial charge on any atom is 0.195 e. The third-order valence-electron chi connectivity index (χ3n) is 3.90. The standard InChI is InChI=1S/C17H27N3O4S.HI/c1-4-18-17(19-11-13-8-9-25(21,22)12-13)20-14-6-7-15(24-5-2)16(10-14)23-3;/h6-7,10,13H,4-5,8-9,11-12H2,1-3H3,(H2,18,19,20);1H. The average Bonchev–Trinajstić information content (AvgIpc) is 2.93. The van der Waals surface area contributed by atoms with Crippen molar-refractivity contribution < 1.29 is 17.9 Å². The highest BCUT2D eigenvalue weighted by Crippen LogP contribution is 2.30. The summed E-state index contributed by atoms with van der Waals surface area (Å²) in [5, 5.41) is 6.39. The molecule has 1 aliphatic rings. The van der Waals surface area contributed by atoms with Gasteiger partial charge in [0.2, 0.25) is 0 Å². The molecule has 2 N–H and O–H groups in total. The molecular formula is C17H28IN3O4S. The number of hydrogen-bond acceptors (Lipinski definition) is 5. The summed E-state index contributed by atoms with van der Waals surface area (Å²) in [4.78, 5) is 4.53. The molecule has 0 radical (unpaired) electrons. The number of nitrogens with zero attached hydrogens (tertiary/aromatic N) is 1. The quantitative estimate of drug-likeness (QED) is 0.342. The van der Waals surface area contributed by atoms with E-state index in [1.807, 2.05) is 32.0 Å². The first-order chi connectivity index (χ1) is 12.0. The monoisotopic (exact) mass is 497 g/mol. The molecule has 1 atom stereocenters. The van der Waals surface area contributed by atoms with Crippen molar-refractivity contribution in [3.63, 3.8) is 0 Å². The van der Waals surface area contributed by atoms with Gasteiger partial charge in [-0.05, 0) is 38.3 Å². The maximum atomic E-state index is 11.6. The van der Waals surface area contributed by atoms with Crippen LogP contribution in [0.3, 0.4) is 0 Å². The Labute approximate surface area is 172 Å². The summed E-state index contributed by atoms with van der Waals surface area (Å²) in [6.45, 7) is 5.67. The number of nitrogens with one attached hydrogen (secondary N) is 2. The molecule has 1 aliphatic heterocycles. The van der Waals surface area contributed by atoms with Crippen molar-refractivity contribution in [3.05, 3.63) is 18.2 Å². The molecule has 0 aromatic heterocycles. The van der Waals surface area contributed by atoms with Crippen LogP contribution in [0, 0.1) is 5.92 Å². The van der Waals surface area contributed by atoms with Crippen LogP contribution < -0.4 is 20.1 Å². The third kappa shape index (κ3) is 6.82. The number of methoxy groups -OCH3 is 1. The van der Waals surface area contributed by atoms with Crippen LogP contribution in [0.25, 0.3) is 0 Å². The van der Waals surface area contributed by atoms with E-state index in [0.717, 1.165) is 5.69 Å². The lowest BCUT2D eigenvalue weighted by Crippen LogP contribution is -2.31. The van der Waals surface area contributed by atoms with Crippen molar-refractivity contribution >= 4 is 45.5 Å².